The van der Waals surface area contributed by atoms with Gasteiger partial charge in [-0.2, -0.15) is 9.67 Å². The van der Waals surface area contributed by atoms with Gasteiger partial charge in [-0.3, -0.25) is 4.98 Å². The number of fused-ring (bicyclic) bond motifs is 7. The van der Waals surface area contributed by atoms with E-state index in [0.29, 0.717) is 0 Å². The van der Waals surface area contributed by atoms with E-state index < -0.39 is 0 Å². The molecule has 5 rings (SSSR count). The SMILES string of the molecule is c1cnn2cc3c(sc4[n+]3Cc3cnccc3-4)c2c1. The summed E-state index contributed by atoms with van der Waals surface area (Å²) >= 11 is 1.84. The molecular formula is C14H9N4S+. The first kappa shape index (κ1) is 9.63. The summed E-state index contributed by atoms with van der Waals surface area (Å²) in [5, 5.41) is 5.69. The van der Waals surface area contributed by atoms with Crippen LogP contribution in [0.3, 0.4) is 0 Å². The highest BCUT2D eigenvalue weighted by molar-refractivity contribution is 7.22. The van der Waals surface area contributed by atoms with E-state index in [0.717, 1.165) is 6.54 Å². The Bertz CT molecular complexity index is 951. The molecule has 0 unspecified atom stereocenters. The molecule has 0 radical (unpaired) electrons. The number of nitrogens with zero attached hydrogens (tertiary/aromatic N) is 4. The fraction of sp³-hybridized carbons (Fsp3) is 0.0714. The van der Waals surface area contributed by atoms with Crippen molar-refractivity contribution in [2.45, 2.75) is 6.54 Å². The first-order valence-electron chi connectivity index (χ1n) is 6.14. The number of pyridine rings is 1. The van der Waals surface area contributed by atoms with Crippen molar-refractivity contribution in [1.82, 2.24) is 14.6 Å². The van der Waals surface area contributed by atoms with Crippen molar-refractivity contribution in [2.24, 2.45) is 0 Å². The predicted octanol–water partition coefficient (Wildman–Crippen LogP) is 2.26. The van der Waals surface area contributed by atoms with E-state index >= 15 is 0 Å². The predicted molar refractivity (Wildman–Crippen MR) is 73.1 cm³/mol. The van der Waals surface area contributed by atoms with Crippen LogP contribution in [0.2, 0.25) is 0 Å². The molecule has 5 heterocycles. The van der Waals surface area contributed by atoms with Crippen LogP contribution in [0, 0.1) is 0 Å². The van der Waals surface area contributed by atoms with Crippen LogP contribution in [0.5, 0.6) is 0 Å². The molecule has 0 bridgehead atoms. The molecule has 90 valence electrons. The lowest BCUT2D eigenvalue weighted by Crippen LogP contribution is -2.29. The minimum atomic E-state index is 0.912. The molecule has 4 aromatic heterocycles. The maximum absolute atomic E-state index is 4.36. The Kier molecular flexibility index (Phi) is 1.62. The lowest BCUT2D eigenvalue weighted by atomic mass is 10.2. The van der Waals surface area contributed by atoms with Gasteiger partial charge in [0.15, 0.2) is 6.54 Å². The van der Waals surface area contributed by atoms with Crippen LogP contribution in [-0.4, -0.2) is 14.6 Å². The molecule has 1 aliphatic heterocycles. The molecule has 4 nitrogen and oxygen atoms in total. The number of hydrogen-bond acceptors (Lipinski definition) is 3. The molecule has 0 spiro atoms. The highest BCUT2D eigenvalue weighted by Gasteiger charge is 2.33. The monoisotopic (exact) mass is 265 g/mol. The average molecular weight is 265 g/mol. The second kappa shape index (κ2) is 3.19. The summed E-state index contributed by atoms with van der Waals surface area (Å²) in [5.41, 5.74) is 5.06. The molecular weight excluding hydrogens is 256 g/mol. The molecule has 1 aliphatic rings. The van der Waals surface area contributed by atoms with Gasteiger partial charge in [-0.05, 0) is 18.2 Å². The van der Waals surface area contributed by atoms with Gasteiger partial charge >= 0.3 is 0 Å². The van der Waals surface area contributed by atoms with E-state index in [-0.39, 0.29) is 0 Å². The second-order valence-electron chi connectivity index (χ2n) is 4.72. The van der Waals surface area contributed by atoms with E-state index in [1.165, 1.54) is 31.9 Å². The zero-order chi connectivity index (χ0) is 12.4. The summed E-state index contributed by atoms with van der Waals surface area (Å²) in [7, 11) is 0. The molecule has 0 N–H and O–H groups in total. The van der Waals surface area contributed by atoms with Crippen molar-refractivity contribution < 1.29 is 4.57 Å². The third kappa shape index (κ3) is 1.11. The Morgan fingerprint density at radius 3 is 3.26 bits per heavy atom. The molecule has 0 fully saturated rings. The lowest BCUT2D eigenvalue weighted by molar-refractivity contribution is -0.642. The van der Waals surface area contributed by atoms with Crippen LogP contribution >= 0.6 is 11.3 Å². The molecule has 0 aromatic carbocycles. The average Bonchev–Trinajstić information content (AvgIpc) is 3.07. The summed E-state index contributed by atoms with van der Waals surface area (Å²) in [6.45, 7) is 0.912. The van der Waals surface area contributed by atoms with Crippen molar-refractivity contribution in [2.75, 3.05) is 0 Å². The number of aromatic nitrogens is 4. The van der Waals surface area contributed by atoms with Gasteiger partial charge in [0.1, 0.15) is 10.9 Å². The molecule has 19 heavy (non-hydrogen) atoms. The molecule has 0 aliphatic carbocycles. The van der Waals surface area contributed by atoms with Crippen molar-refractivity contribution in [1.29, 1.82) is 0 Å². The Balaban J connectivity index is 1.93. The zero-order valence-electron chi connectivity index (χ0n) is 9.95. The Hall–Kier alpha value is -2.27. The fourth-order valence-corrected chi connectivity index (χ4v) is 4.13. The van der Waals surface area contributed by atoms with Crippen LogP contribution in [0.15, 0.2) is 43.0 Å². The van der Waals surface area contributed by atoms with E-state index in [2.05, 4.69) is 33.0 Å². The molecule has 4 aromatic rings. The van der Waals surface area contributed by atoms with E-state index in [1.807, 2.05) is 40.5 Å². The van der Waals surface area contributed by atoms with Gasteiger partial charge in [-0.15, -0.1) is 0 Å². The second-order valence-corrected chi connectivity index (χ2v) is 5.72. The Morgan fingerprint density at radius 1 is 1.26 bits per heavy atom. The van der Waals surface area contributed by atoms with Gasteiger partial charge in [0, 0.05) is 24.2 Å². The topological polar surface area (TPSA) is 34.1 Å². The number of thiazole rings is 1. The summed E-state index contributed by atoms with van der Waals surface area (Å²) < 4.78 is 5.63. The van der Waals surface area contributed by atoms with Gasteiger partial charge in [0.25, 0.3) is 5.01 Å². The molecule has 0 saturated heterocycles. The minimum absolute atomic E-state index is 0.912. The fourth-order valence-electron chi connectivity index (χ4n) is 2.82. The highest BCUT2D eigenvalue weighted by atomic mass is 32.1. The van der Waals surface area contributed by atoms with Crippen molar-refractivity contribution >= 4 is 27.1 Å². The first-order chi connectivity index (χ1) is 9.42. The number of hydrogen-bond donors (Lipinski definition) is 0. The Labute approximate surface area is 112 Å². The molecule has 5 heteroatoms. The van der Waals surface area contributed by atoms with E-state index in [1.54, 1.807) is 0 Å². The quantitative estimate of drug-likeness (QED) is 0.402. The summed E-state index contributed by atoms with van der Waals surface area (Å²) in [6.07, 6.45) is 7.77. The number of rotatable bonds is 0. The van der Waals surface area contributed by atoms with Crippen molar-refractivity contribution in [3.05, 3.63) is 48.5 Å². The van der Waals surface area contributed by atoms with Crippen LogP contribution in [0.25, 0.3) is 26.3 Å². The highest BCUT2D eigenvalue weighted by Crippen LogP contribution is 2.36. The van der Waals surface area contributed by atoms with Gasteiger partial charge in [0.2, 0.25) is 5.52 Å². The van der Waals surface area contributed by atoms with Gasteiger partial charge in [-0.25, -0.2) is 4.52 Å². The van der Waals surface area contributed by atoms with E-state index in [4.69, 9.17) is 0 Å². The van der Waals surface area contributed by atoms with Crippen molar-refractivity contribution in [3.8, 4) is 10.6 Å². The van der Waals surface area contributed by atoms with Crippen LogP contribution in [-0.2, 0) is 6.54 Å². The van der Waals surface area contributed by atoms with Crippen LogP contribution < -0.4 is 4.57 Å². The van der Waals surface area contributed by atoms with E-state index in [9.17, 15) is 0 Å². The van der Waals surface area contributed by atoms with Gasteiger partial charge in [0.05, 0.1) is 11.1 Å². The zero-order valence-corrected chi connectivity index (χ0v) is 10.8. The smallest absolute Gasteiger partial charge is 0.264 e. The lowest BCUT2D eigenvalue weighted by Gasteiger charge is -1.90. The van der Waals surface area contributed by atoms with Crippen LogP contribution in [0.4, 0.5) is 0 Å². The third-order valence-corrected chi connectivity index (χ3v) is 4.94. The largest absolute Gasteiger partial charge is 0.271 e. The third-order valence-electron chi connectivity index (χ3n) is 3.69. The summed E-state index contributed by atoms with van der Waals surface area (Å²) in [5.74, 6) is 0. The van der Waals surface area contributed by atoms with Crippen molar-refractivity contribution in [3.63, 3.8) is 0 Å². The Morgan fingerprint density at radius 2 is 2.26 bits per heavy atom. The summed E-state index contributed by atoms with van der Waals surface area (Å²) in [4.78, 5) is 4.22. The molecule has 0 saturated carbocycles. The minimum Gasteiger partial charge on any atom is -0.264 e. The maximum Gasteiger partial charge on any atom is 0.271 e. The normalized spacial score (nSPS) is 13.1. The molecule has 0 amide bonds. The first-order valence-corrected chi connectivity index (χ1v) is 6.95. The maximum atomic E-state index is 4.36. The van der Waals surface area contributed by atoms with Gasteiger partial charge in [-0.1, -0.05) is 11.3 Å². The summed E-state index contributed by atoms with van der Waals surface area (Å²) in [6, 6.07) is 6.22. The molecule has 0 atom stereocenters. The van der Waals surface area contributed by atoms with Gasteiger partial charge < -0.3 is 0 Å². The standard InChI is InChI=1S/C14H9N4S/c1-2-11-13-12(8-18(11)16-4-1)17-7-9-6-15-5-3-10(9)14(17)19-13/h1-6,8H,7H2/q+1. The van der Waals surface area contributed by atoms with Crippen LogP contribution in [0.1, 0.15) is 5.56 Å².